The summed E-state index contributed by atoms with van der Waals surface area (Å²) < 4.78 is 0. The first-order valence-electron chi connectivity index (χ1n) is 6.54. The first-order valence-corrected chi connectivity index (χ1v) is 6.95. The predicted octanol–water partition coefficient (Wildman–Crippen LogP) is 3.56. The summed E-state index contributed by atoms with van der Waals surface area (Å²) >= 11 is 5.21. The lowest BCUT2D eigenvalue weighted by Crippen LogP contribution is -2.27. The lowest BCUT2D eigenvalue weighted by atomic mass is 10.1. The molecule has 0 amide bonds. The third-order valence-corrected chi connectivity index (χ3v) is 3.64. The maximum atomic E-state index is 5.21. The number of hydrogen-bond acceptors (Lipinski definition) is 1. The van der Waals surface area contributed by atoms with E-state index in [4.69, 9.17) is 12.2 Å². The molecule has 0 radical (unpaired) electrons. The number of fused-ring (bicyclic) bond motifs is 3. The number of nitrogens with one attached hydrogen (secondary N) is 2. The van der Waals surface area contributed by atoms with E-state index in [1.54, 1.807) is 0 Å². The second-order valence-corrected chi connectivity index (χ2v) is 5.10. The van der Waals surface area contributed by atoms with Crippen LogP contribution in [-0.2, 0) is 6.42 Å². The zero-order chi connectivity index (χ0) is 13.2. The van der Waals surface area contributed by atoms with Crippen LogP contribution in [0.5, 0.6) is 0 Å². The molecule has 3 rings (SSSR count). The summed E-state index contributed by atoms with van der Waals surface area (Å²) in [4.78, 5) is 0. The van der Waals surface area contributed by atoms with Gasteiger partial charge in [-0.3, -0.25) is 0 Å². The maximum Gasteiger partial charge on any atom is 0.170 e. The Morgan fingerprint density at radius 2 is 1.89 bits per heavy atom. The Morgan fingerprint density at radius 1 is 1.11 bits per heavy atom. The third kappa shape index (κ3) is 2.34. The Hall–Kier alpha value is -1.87. The number of anilines is 1. The molecule has 3 heteroatoms. The highest BCUT2D eigenvalue weighted by Gasteiger charge is 2.17. The summed E-state index contributed by atoms with van der Waals surface area (Å²) in [6, 6.07) is 15.1. The zero-order valence-corrected chi connectivity index (χ0v) is 11.7. The molecule has 0 aliphatic heterocycles. The molecule has 0 spiro atoms. The van der Waals surface area contributed by atoms with Crippen molar-refractivity contribution in [2.24, 2.45) is 0 Å². The van der Waals surface area contributed by atoms with Crippen LogP contribution >= 0.6 is 12.2 Å². The van der Waals surface area contributed by atoms with Gasteiger partial charge in [0.1, 0.15) is 0 Å². The minimum atomic E-state index is 0.679. The summed E-state index contributed by atoms with van der Waals surface area (Å²) in [6.45, 7) is 2.87. The van der Waals surface area contributed by atoms with Crippen molar-refractivity contribution in [1.29, 1.82) is 0 Å². The number of thiocarbonyl (C=S) groups is 1. The van der Waals surface area contributed by atoms with Gasteiger partial charge in [-0.25, -0.2) is 0 Å². The van der Waals surface area contributed by atoms with E-state index >= 15 is 0 Å². The number of benzene rings is 2. The van der Waals surface area contributed by atoms with Crippen molar-refractivity contribution in [2.45, 2.75) is 13.3 Å². The number of hydrogen-bond donors (Lipinski definition) is 2. The van der Waals surface area contributed by atoms with E-state index in [1.165, 1.54) is 22.3 Å². The van der Waals surface area contributed by atoms with Gasteiger partial charge in [0.2, 0.25) is 0 Å². The summed E-state index contributed by atoms with van der Waals surface area (Å²) in [5.74, 6) is 0. The van der Waals surface area contributed by atoms with Crippen molar-refractivity contribution in [3.8, 4) is 11.1 Å². The lowest BCUT2D eigenvalue weighted by molar-refractivity contribution is 0.979. The molecular formula is C16H16N2S. The normalized spacial score (nSPS) is 11.6. The van der Waals surface area contributed by atoms with Gasteiger partial charge in [0.15, 0.2) is 5.11 Å². The second-order valence-electron chi connectivity index (χ2n) is 4.69. The molecule has 1 aliphatic carbocycles. The van der Waals surface area contributed by atoms with Crippen LogP contribution in [0.2, 0.25) is 0 Å². The smallest absolute Gasteiger partial charge is 0.170 e. The molecule has 2 nitrogen and oxygen atoms in total. The summed E-state index contributed by atoms with van der Waals surface area (Å²) in [7, 11) is 0. The van der Waals surface area contributed by atoms with Gasteiger partial charge in [0.05, 0.1) is 0 Å². The summed E-state index contributed by atoms with van der Waals surface area (Å²) in [6.07, 6.45) is 1.01. The van der Waals surface area contributed by atoms with Crippen molar-refractivity contribution in [1.82, 2.24) is 5.32 Å². The summed E-state index contributed by atoms with van der Waals surface area (Å²) in [5, 5.41) is 7.00. The van der Waals surface area contributed by atoms with E-state index in [-0.39, 0.29) is 0 Å². The molecule has 0 bridgehead atoms. The van der Waals surface area contributed by atoms with Crippen LogP contribution in [0.3, 0.4) is 0 Å². The maximum absolute atomic E-state index is 5.21. The fourth-order valence-corrected chi connectivity index (χ4v) is 2.82. The van der Waals surface area contributed by atoms with Crippen LogP contribution in [0.1, 0.15) is 18.1 Å². The Labute approximate surface area is 118 Å². The molecular weight excluding hydrogens is 252 g/mol. The van der Waals surface area contributed by atoms with Gasteiger partial charge in [-0.1, -0.05) is 30.3 Å². The highest BCUT2D eigenvalue weighted by atomic mass is 32.1. The standard InChI is InChI=1S/C16H16N2S/c1-2-17-16(19)18-13-7-8-15-12(10-13)9-11-5-3-4-6-14(11)15/h3-8,10H,2,9H2,1H3,(H2,17,18,19). The number of rotatable bonds is 2. The average molecular weight is 268 g/mol. The Balaban J connectivity index is 1.87. The van der Waals surface area contributed by atoms with Crippen molar-refractivity contribution in [2.75, 3.05) is 11.9 Å². The SMILES string of the molecule is CCNC(=S)Nc1ccc2c(c1)Cc1ccccc1-2. The quantitative estimate of drug-likeness (QED) is 0.695. The van der Waals surface area contributed by atoms with Crippen LogP contribution in [0, 0.1) is 0 Å². The summed E-state index contributed by atoms with van der Waals surface area (Å²) in [5.41, 5.74) is 6.53. The molecule has 0 aromatic heterocycles. The fraction of sp³-hybridized carbons (Fsp3) is 0.188. The minimum absolute atomic E-state index is 0.679. The third-order valence-electron chi connectivity index (χ3n) is 3.39. The highest BCUT2D eigenvalue weighted by Crippen LogP contribution is 2.37. The van der Waals surface area contributed by atoms with Gasteiger partial charge < -0.3 is 10.6 Å². The molecule has 0 unspecified atom stereocenters. The van der Waals surface area contributed by atoms with Gasteiger partial charge in [-0.05, 0) is 59.9 Å². The van der Waals surface area contributed by atoms with Crippen LogP contribution in [0.15, 0.2) is 42.5 Å². The van der Waals surface area contributed by atoms with Crippen LogP contribution in [0.4, 0.5) is 5.69 Å². The van der Waals surface area contributed by atoms with Gasteiger partial charge in [-0.2, -0.15) is 0 Å². The van der Waals surface area contributed by atoms with E-state index in [1.807, 2.05) is 6.92 Å². The second kappa shape index (κ2) is 5.02. The van der Waals surface area contributed by atoms with E-state index in [0.29, 0.717) is 5.11 Å². The first kappa shape index (κ1) is 12.2. The molecule has 0 heterocycles. The molecule has 0 atom stereocenters. The Morgan fingerprint density at radius 3 is 2.74 bits per heavy atom. The van der Waals surface area contributed by atoms with E-state index in [9.17, 15) is 0 Å². The molecule has 0 fully saturated rings. The highest BCUT2D eigenvalue weighted by molar-refractivity contribution is 7.80. The molecule has 1 aliphatic rings. The minimum Gasteiger partial charge on any atom is -0.363 e. The fourth-order valence-electron chi connectivity index (χ4n) is 2.56. The molecule has 2 aromatic rings. The molecule has 2 N–H and O–H groups in total. The van der Waals surface area contributed by atoms with E-state index in [0.717, 1.165) is 18.7 Å². The Kier molecular flexibility index (Phi) is 3.22. The van der Waals surface area contributed by atoms with Crippen molar-refractivity contribution in [3.63, 3.8) is 0 Å². The lowest BCUT2D eigenvalue weighted by Gasteiger charge is -2.10. The van der Waals surface area contributed by atoms with E-state index in [2.05, 4.69) is 53.1 Å². The van der Waals surface area contributed by atoms with Crippen molar-refractivity contribution in [3.05, 3.63) is 53.6 Å². The predicted molar refractivity (Wildman–Crippen MR) is 84.6 cm³/mol. The Bertz CT molecular complexity index is 634. The molecule has 2 aromatic carbocycles. The molecule has 0 saturated carbocycles. The molecule has 0 saturated heterocycles. The van der Waals surface area contributed by atoms with Gasteiger partial charge in [0, 0.05) is 12.2 Å². The van der Waals surface area contributed by atoms with Crippen molar-refractivity contribution < 1.29 is 0 Å². The van der Waals surface area contributed by atoms with Gasteiger partial charge in [0.25, 0.3) is 0 Å². The largest absolute Gasteiger partial charge is 0.363 e. The van der Waals surface area contributed by atoms with Crippen LogP contribution in [0.25, 0.3) is 11.1 Å². The van der Waals surface area contributed by atoms with Crippen LogP contribution in [-0.4, -0.2) is 11.7 Å². The average Bonchev–Trinajstić information content (AvgIpc) is 2.76. The van der Waals surface area contributed by atoms with Gasteiger partial charge in [-0.15, -0.1) is 0 Å². The molecule has 96 valence electrons. The zero-order valence-electron chi connectivity index (χ0n) is 10.9. The van der Waals surface area contributed by atoms with Crippen molar-refractivity contribution >= 4 is 23.0 Å². The van der Waals surface area contributed by atoms with Gasteiger partial charge >= 0.3 is 0 Å². The monoisotopic (exact) mass is 268 g/mol. The van der Waals surface area contributed by atoms with E-state index < -0.39 is 0 Å². The first-order chi connectivity index (χ1) is 9.28. The van der Waals surface area contributed by atoms with Crippen LogP contribution < -0.4 is 10.6 Å². The molecule has 19 heavy (non-hydrogen) atoms. The topological polar surface area (TPSA) is 24.1 Å².